The van der Waals surface area contributed by atoms with Crippen LogP contribution in [0.2, 0.25) is 5.02 Å². The van der Waals surface area contributed by atoms with Crippen molar-refractivity contribution < 1.29 is 4.79 Å². The molecule has 1 atom stereocenters. The minimum absolute atomic E-state index is 0.399. The van der Waals surface area contributed by atoms with Crippen molar-refractivity contribution in [2.75, 3.05) is 18.0 Å². The van der Waals surface area contributed by atoms with Gasteiger partial charge in [0.05, 0.1) is 10.7 Å². The van der Waals surface area contributed by atoms with Gasteiger partial charge in [0.1, 0.15) is 0 Å². The summed E-state index contributed by atoms with van der Waals surface area (Å²) in [7, 11) is 0. The van der Waals surface area contributed by atoms with Gasteiger partial charge in [-0.05, 0) is 36.0 Å². The van der Waals surface area contributed by atoms with Crippen LogP contribution >= 0.6 is 58.6 Å². The number of alkyl halides is 3. The summed E-state index contributed by atoms with van der Waals surface area (Å²) in [5, 5.41) is 3.73. The molecular weight excluding hydrogens is 472 g/mol. The molecule has 0 saturated carbocycles. The number of para-hydroxylation sites is 1. The molecule has 1 saturated heterocycles. The summed E-state index contributed by atoms with van der Waals surface area (Å²) in [6.45, 7) is 1.01. The highest BCUT2D eigenvalue weighted by Gasteiger charge is 2.43. The quantitative estimate of drug-likeness (QED) is 0.353. The zero-order valence-corrected chi connectivity index (χ0v) is 18.9. The van der Waals surface area contributed by atoms with Crippen molar-refractivity contribution in [2.24, 2.45) is 0 Å². The van der Waals surface area contributed by atoms with Crippen LogP contribution in [0.1, 0.15) is 5.56 Å². The van der Waals surface area contributed by atoms with Gasteiger partial charge in [-0.1, -0.05) is 88.9 Å². The fourth-order valence-corrected chi connectivity index (χ4v) is 4.08. The second-order valence-corrected chi connectivity index (χ2v) is 9.42. The molecule has 0 bridgehead atoms. The van der Waals surface area contributed by atoms with Crippen molar-refractivity contribution in [3.63, 3.8) is 0 Å². The Labute approximate surface area is 195 Å². The van der Waals surface area contributed by atoms with E-state index in [1.165, 1.54) is 6.08 Å². The molecular formula is C20H17Cl4N3OS. The van der Waals surface area contributed by atoms with Crippen LogP contribution in [-0.4, -0.2) is 39.0 Å². The largest absolute Gasteiger partial charge is 0.328 e. The maximum absolute atomic E-state index is 12.5. The first-order chi connectivity index (χ1) is 13.8. The molecule has 0 spiro atoms. The van der Waals surface area contributed by atoms with Gasteiger partial charge in [-0.2, -0.15) is 0 Å². The minimum Gasteiger partial charge on any atom is -0.328 e. The number of amides is 1. The van der Waals surface area contributed by atoms with Crippen LogP contribution in [0, 0.1) is 0 Å². The Balaban J connectivity index is 1.76. The van der Waals surface area contributed by atoms with Crippen molar-refractivity contribution in [3.8, 4) is 0 Å². The zero-order valence-electron chi connectivity index (χ0n) is 15.1. The van der Waals surface area contributed by atoms with Gasteiger partial charge in [0.25, 0.3) is 0 Å². The highest BCUT2D eigenvalue weighted by atomic mass is 35.6. The molecule has 0 aromatic heterocycles. The van der Waals surface area contributed by atoms with E-state index in [9.17, 15) is 4.79 Å². The molecule has 4 nitrogen and oxygen atoms in total. The van der Waals surface area contributed by atoms with Crippen molar-refractivity contribution in [1.29, 1.82) is 0 Å². The molecule has 0 radical (unpaired) electrons. The monoisotopic (exact) mass is 487 g/mol. The maximum atomic E-state index is 12.5. The predicted octanol–water partition coefficient (Wildman–Crippen LogP) is 5.27. The number of nitrogens with zero attached hydrogens (tertiary/aromatic N) is 2. The molecule has 29 heavy (non-hydrogen) atoms. The third-order valence-electron chi connectivity index (χ3n) is 4.31. The molecule has 1 unspecified atom stereocenters. The van der Waals surface area contributed by atoms with Gasteiger partial charge in [-0.15, -0.1) is 0 Å². The van der Waals surface area contributed by atoms with Gasteiger partial charge in [0, 0.05) is 19.2 Å². The Morgan fingerprint density at radius 3 is 2.38 bits per heavy atom. The molecule has 0 aliphatic carbocycles. The molecule has 9 heteroatoms. The van der Waals surface area contributed by atoms with E-state index in [1.54, 1.807) is 17.0 Å². The van der Waals surface area contributed by atoms with E-state index in [-0.39, 0.29) is 0 Å². The molecule has 1 amide bonds. The molecule has 1 N–H and O–H groups in total. The van der Waals surface area contributed by atoms with Crippen LogP contribution in [0.3, 0.4) is 0 Å². The van der Waals surface area contributed by atoms with E-state index in [0.717, 1.165) is 11.3 Å². The summed E-state index contributed by atoms with van der Waals surface area (Å²) in [5.41, 5.74) is 1.65. The highest BCUT2D eigenvalue weighted by Crippen LogP contribution is 2.36. The van der Waals surface area contributed by atoms with Gasteiger partial charge in [-0.25, -0.2) is 0 Å². The maximum Gasteiger partial charge on any atom is 0.245 e. The van der Waals surface area contributed by atoms with Crippen molar-refractivity contribution in [2.45, 2.75) is 9.96 Å². The first-order valence-electron chi connectivity index (χ1n) is 8.70. The second kappa shape index (κ2) is 9.54. The van der Waals surface area contributed by atoms with E-state index in [0.29, 0.717) is 23.2 Å². The van der Waals surface area contributed by atoms with Gasteiger partial charge in [-0.3, -0.25) is 4.79 Å². The summed E-state index contributed by atoms with van der Waals surface area (Å²) < 4.78 is -1.79. The van der Waals surface area contributed by atoms with E-state index >= 15 is 0 Å². The normalized spacial score (nSPS) is 15.8. The number of hydrogen-bond acceptors (Lipinski definition) is 2. The number of hydrogen-bond donors (Lipinski definition) is 1. The van der Waals surface area contributed by atoms with Crippen LogP contribution in [0.15, 0.2) is 60.7 Å². The van der Waals surface area contributed by atoms with E-state index in [1.807, 2.05) is 53.4 Å². The second-order valence-electron chi connectivity index (χ2n) is 6.28. The molecule has 1 fully saturated rings. The fraction of sp³-hybridized carbons (Fsp3) is 0.200. The third kappa shape index (κ3) is 5.56. The van der Waals surface area contributed by atoms with Gasteiger partial charge >= 0.3 is 0 Å². The Kier molecular flexibility index (Phi) is 7.30. The van der Waals surface area contributed by atoms with E-state index in [2.05, 4.69) is 5.32 Å². The average Bonchev–Trinajstić information content (AvgIpc) is 3.05. The summed E-state index contributed by atoms with van der Waals surface area (Å²) in [4.78, 5) is 16.0. The van der Waals surface area contributed by atoms with Crippen LogP contribution in [0.25, 0.3) is 6.08 Å². The molecule has 2 aromatic rings. The lowest BCUT2D eigenvalue weighted by molar-refractivity contribution is -0.117. The zero-order chi connectivity index (χ0) is 21.0. The first kappa shape index (κ1) is 22.2. The summed E-state index contributed by atoms with van der Waals surface area (Å²) in [6.07, 6.45) is 2.13. The third-order valence-corrected chi connectivity index (χ3v) is 5.71. The fourth-order valence-electron chi connectivity index (χ4n) is 2.94. The lowest BCUT2D eigenvalue weighted by Crippen LogP contribution is -2.56. The number of carbonyl (C=O) groups is 1. The molecule has 3 rings (SSSR count). The van der Waals surface area contributed by atoms with Crippen molar-refractivity contribution >= 4 is 81.4 Å². The number of halogens is 4. The van der Waals surface area contributed by atoms with E-state index in [4.69, 9.17) is 58.6 Å². The lowest BCUT2D eigenvalue weighted by Gasteiger charge is -2.34. The number of thiocarbonyl (C=S) groups is 1. The van der Waals surface area contributed by atoms with Crippen LogP contribution in [0.4, 0.5) is 5.69 Å². The standard InChI is InChI=1S/C20H17Cl4N3OS/c21-15-8-4-5-9-16(15)26-12-13-27(19(26)29)18(20(22,23)24)25-17(28)11-10-14-6-2-1-3-7-14/h1-11,18H,12-13H2,(H,25,28)/b11-10+. The Hall–Kier alpha value is -1.50. The van der Waals surface area contributed by atoms with Crippen molar-refractivity contribution in [1.82, 2.24) is 10.2 Å². The number of benzene rings is 2. The molecule has 1 heterocycles. The predicted molar refractivity (Wildman–Crippen MR) is 126 cm³/mol. The SMILES string of the molecule is O=C(/C=C/c1ccccc1)NC(N1CCN(c2ccccc2Cl)C1=S)C(Cl)(Cl)Cl. The first-order valence-corrected chi connectivity index (χ1v) is 10.6. The molecule has 152 valence electrons. The average molecular weight is 489 g/mol. The Bertz CT molecular complexity index is 917. The number of rotatable bonds is 5. The number of nitrogens with one attached hydrogen (secondary N) is 1. The summed E-state index contributed by atoms with van der Waals surface area (Å²) >= 11 is 30.4. The Morgan fingerprint density at radius 2 is 1.72 bits per heavy atom. The van der Waals surface area contributed by atoms with Crippen molar-refractivity contribution in [3.05, 3.63) is 71.3 Å². The number of anilines is 1. The summed E-state index contributed by atoms with van der Waals surface area (Å²) in [6, 6.07) is 16.8. The molecule has 1 aliphatic rings. The Morgan fingerprint density at radius 1 is 1.07 bits per heavy atom. The van der Waals surface area contributed by atoms with Crippen LogP contribution in [0.5, 0.6) is 0 Å². The van der Waals surface area contributed by atoms with Gasteiger partial charge in [0.2, 0.25) is 9.70 Å². The topological polar surface area (TPSA) is 35.6 Å². The molecule has 2 aromatic carbocycles. The minimum atomic E-state index is -1.79. The number of carbonyl (C=O) groups excluding carboxylic acids is 1. The van der Waals surface area contributed by atoms with Crippen LogP contribution in [-0.2, 0) is 4.79 Å². The lowest BCUT2D eigenvalue weighted by atomic mass is 10.2. The summed E-state index contributed by atoms with van der Waals surface area (Å²) in [5.74, 6) is -0.399. The van der Waals surface area contributed by atoms with E-state index < -0.39 is 15.9 Å². The molecule has 1 aliphatic heterocycles. The highest BCUT2D eigenvalue weighted by molar-refractivity contribution is 7.80. The van der Waals surface area contributed by atoms with Gasteiger partial charge < -0.3 is 15.1 Å². The van der Waals surface area contributed by atoms with Gasteiger partial charge in [0.15, 0.2) is 11.3 Å². The smallest absolute Gasteiger partial charge is 0.245 e. The van der Waals surface area contributed by atoms with Crippen LogP contribution < -0.4 is 10.2 Å².